The van der Waals surface area contributed by atoms with Gasteiger partial charge in [-0.3, -0.25) is 0 Å². The topological polar surface area (TPSA) is 96.2 Å². The number of hydrogen-bond acceptors (Lipinski definition) is 4. The van der Waals surface area contributed by atoms with Gasteiger partial charge in [0.05, 0.1) is 12.1 Å². The van der Waals surface area contributed by atoms with E-state index in [-0.39, 0.29) is 6.42 Å². The average Bonchev–Trinajstić information content (AvgIpc) is 2.95. The summed E-state index contributed by atoms with van der Waals surface area (Å²) in [6.07, 6.45) is 2.40. The van der Waals surface area contributed by atoms with Gasteiger partial charge in [0.15, 0.2) is 0 Å². The Morgan fingerprint density at radius 3 is 2.35 bits per heavy atom. The van der Waals surface area contributed by atoms with Gasteiger partial charge < -0.3 is 15.1 Å². The van der Waals surface area contributed by atoms with E-state index < -0.39 is 17.5 Å². The monoisotopic (exact) mass is 317 g/mol. The van der Waals surface area contributed by atoms with Crippen molar-refractivity contribution in [2.24, 2.45) is 11.1 Å². The highest BCUT2D eigenvalue weighted by Gasteiger charge is 2.55. The van der Waals surface area contributed by atoms with Crippen LogP contribution in [0.25, 0.3) is 5.57 Å². The molecule has 0 spiro atoms. The first kappa shape index (κ1) is 16.7. The molecule has 0 amide bonds. The number of benzene rings is 1. The van der Waals surface area contributed by atoms with Gasteiger partial charge in [0.25, 0.3) is 0 Å². The Labute approximate surface area is 134 Å². The first-order valence-corrected chi connectivity index (χ1v) is 7.34. The van der Waals surface area contributed by atoms with Crippen LogP contribution in [0.4, 0.5) is 0 Å². The van der Waals surface area contributed by atoms with Crippen LogP contribution in [0.3, 0.4) is 0 Å². The number of carboxylic acid groups (broad SMARTS) is 2. The second kappa shape index (κ2) is 6.64. The Morgan fingerprint density at radius 1 is 1.26 bits per heavy atom. The molecule has 0 saturated heterocycles. The number of carboxylic acids is 2. The Morgan fingerprint density at radius 2 is 1.87 bits per heavy atom. The van der Waals surface area contributed by atoms with Crippen molar-refractivity contribution in [3.05, 3.63) is 42.0 Å². The Hall–Kier alpha value is -2.63. The lowest BCUT2D eigenvalue weighted by molar-refractivity contribution is -0.179. The van der Waals surface area contributed by atoms with E-state index in [0.29, 0.717) is 17.2 Å². The van der Waals surface area contributed by atoms with Crippen LogP contribution in [0.5, 0.6) is 0 Å². The Bertz CT molecular complexity index is 647. The first-order chi connectivity index (χ1) is 10.9. The molecule has 2 rings (SSSR count). The third-order valence-corrected chi connectivity index (χ3v) is 3.61. The second-order valence-electron chi connectivity index (χ2n) is 5.86. The minimum Gasteiger partial charge on any atom is -0.478 e. The van der Waals surface area contributed by atoms with Crippen LogP contribution in [0, 0.1) is 5.92 Å². The summed E-state index contributed by atoms with van der Waals surface area (Å²) < 4.78 is 0. The molecule has 0 bridgehead atoms. The van der Waals surface area contributed by atoms with Crippen molar-refractivity contribution in [3.8, 4) is 0 Å². The maximum absolute atomic E-state index is 11.3. The molecule has 122 valence electrons. The highest BCUT2D eigenvalue weighted by Crippen LogP contribution is 2.31. The van der Waals surface area contributed by atoms with Crippen molar-refractivity contribution >= 4 is 23.2 Å². The normalized spacial score (nSPS) is 16.8. The number of allylic oxidation sites excluding steroid dienone is 2. The zero-order valence-corrected chi connectivity index (χ0v) is 13.0. The van der Waals surface area contributed by atoms with E-state index in [9.17, 15) is 19.8 Å². The molecule has 0 aliphatic carbocycles. The van der Waals surface area contributed by atoms with Crippen molar-refractivity contribution in [1.29, 1.82) is 0 Å². The summed E-state index contributed by atoms with van der Waals surface area (Å²) in [5.41, 5.74) is -0.450. The molecule has 0 unspecified atom stereocenters. The van der Waals surface area contributed by atoms with Gasteiger partial charge in [-0.05, 0) is 17.9 Å². The van der Waals surface area contributed by atoms with Crippen LogP contribution in [0.2, 0.25) is 0 Å². The summed E-state index contributed by atoms with van der Waals surface area (Å²) in [7, 11) is 0. The van der Waals surface area contributed by atoms with Crippen LogP contribution >= 0.6 is 0 Å². The van der Waals surface area contributed by atoms with Crippen molar-refractivity contribution in [2.75, 3.05) is 0 Å². The smallest absolute Gasteiger partial charge is 0.363 e. The third kappa shape index (κ3) is 3.41. The molecule has 1 aromatic rings. The summed E-state index contributed by atoms with van der Waals surface area (Å²) in [5, 5.41) is 22.2. The van der Waals surface area contributed by atoms with Gasteiger partial charge in [-0.25, -0.2) is 9.59 Å². The molecule has 23 heavy (non-hydrogen) atoms. The number of nitrogens with zero attached hydrogens (tertiary/aromatic N) is 1. The fourth-order valence-corrected chi connectivity index (χ4v) is 2.27. The van der Waals surface area contributed by atoms with Crippen LogP contribution in [0.1, 0.15) is 32.3 Å². The zero-order valence-electron chi connectivity index (χ0n) is 13.0. The van der Waals surface area contributed by atoms with Gasteiger partial charge in [-0.1, -0.05) is 55.4 Å². The molecule has 0 fully saturated rings. The number of rotatable bonds is 6. The molecular weight excluding hydrogens is 298 g/mol. The fraction of sp³-hybridized carbons (Fsp3) is 0.353. The molecule has 1 aliphatic heterocycles. The van der Waals surface area contributed by atoms with Crippen molar-refractivity contribution in [1.82, 2.24) is 0 Å². The summed E-state index contributed by atoms with van der Waals surface area (Å²) in [6, 6.07) is 9.33. The van der Waals surface area contributed by atoms with Crippen molar-refractivity contribution < 1.29 is 24.6 Å². The van der Waals surface area contributed by atoms with Gasteiger partial charge in [-0.2, -0.15) is 0 Å². The summed E-state index contributed by atoms with van der Waals surface area (Å²) in [6.45, 7) is 4.12. The maximum Gasteiger partial charge on any atom is 0.363 e. The zero-order chi connectivity index (χ0) is 17.0. The van der Waals surface area contributed by atoms with Crippen molar-refractivity contribution in [3.63, 3.8) is 0 Å². The molecular formula is C17H19NO5. The van der Waals surface area contributed by atoms with E-state index >= 15 is 0 Å². The van der Waals surface area contributed by atoms with Gasteiger partial charge in [-0.15, -0.1) is 0 Å². The molecule has 0 aromatic heterocycles. The number of carbonyl (C=O) groups is 2. The van der Waals surface area contributed by atoms with E-state index in [4.69, 9.17) is 4.84 Å². The molecule has 0 radical (unpaired) electrons. The molecule has 1 aliphatic rings. The molecule has 1 aromatic carbocycles. The van der Waals surface area contributed by atoms with E-state index in [1.807, 2.05) is 36.4 Å². The van der Waals surface area contributed by atoms with Gasteiger partial charge in [0, 0.05) is 5.57 Å². The third-order valence-electron chi connectivity index (χ3n) is 3.61. The molecule has 6 nitrogen and oxygen atoms in total. The van der Waals surface area contributed by atoms with E-state index in [0.717, 1.165) is 12.0 Å². The number of hydrogen-bond donors (Lipinski definition) is 2. The van der Waals surface area contributed by atoms with Crippen LogP contribution in [-0.4, -0.2) is 33.5 Å². The first-order valence-electron chi connectivity index (χ1n) is 7.34. The molecule has 0 atom stereocenters. The summed E-state index contributed by atoms with van der Waals surface area (Å²) in [5.74, 6) is -2.71. The van der Waals surface area contributed by atoms with Crippen LogP contribution < -0.4 is 0 Å². The fourth-order valence-electron chi connectivity index (χ4n) is 2.27. The minimum absolute atomic E-state index is 0.309. The van der Waals surface area contributed by atoms with Gasteiger partial charge >= 0.3 is 17.5 Å². The molecule has 1 heterocycles. The highest BCUT2D eigenvalue weighted by atomic mass is 16.7. The second-order valence-corrected chi connectivity index (χ2v) is 5.86. The standard InChI is InChI=1S/C17H19NO5/c1-11(2)8-9-13(12-6-4-3-5-7-12)14-10-17(15(19)20,16(21)22)23-18-14/h3-7,9,11H,8,10H2,1-2H3,(H,19,20)(H,21,22). The molecule has 0 saturated carbocycles. The van der Waals surface area contributed by atoms with Gasteiger partial charge in [0.2, 0.25) is 0 Å². The van der Waals surface area contributed by atoms with Crippen LogP contribution in [-0.2, 0) is 14.4 Å². The quantitative estimate of drug-likeness (QED) is 0.786. The Kier molecular flexibility index (Phi) is 4.83. The maximum atomic E-state index is 11.3. The summed E-state index contributed by atoms with van der Waals surface area (Å²) in [4.78, 5) is 27.5. The number of oxime groups is 1. The lowest BCUT2D eigenvalue weighted by Crippen LogP contribution is -2.46. The summed E-state index contributed by atoms with van der Waals surface area (Å²) >= 11 is 0. The van der Waals surface area contributed by atoms with Crippen molar-refractivity contribution in [2.45, 2.75) is 32.3 Å². The molecule has 2 N–H and O–H groups in total. The predicted octanol–water partition coefficient (Wildman–Crippen LogP) is 2.80. The lowest BCUT2D eigenvalue weighted by Gasteiger charge is -2.16. The van der Waals surface area contributed by atoms with E-state index in [1.165, 1.54) is 0 Å². The molecule has 6 heteroatoms. The SMILES string of the molecule is CC(C)CC=C(C1=NOC(C(=O)O)(C(=O)O)C1)c1ccccc1. The lowest BCUT2D eigenvalue weighted by atomic mass is 9.90. The van der Waals surface area contributed by atoms with Crippen LogP contribution in [0.15, 0.2) is 41.6 Å². The number of aliphatic carboxylic acids is 2. The minimum atomic E-state index is -2.35. The van der Waals surface area contributed by atoms with Gasteiger partial charge in [0.1, 0.15) is 0 Å². The largest absolute Gasteiger partial charge is 0.478 e. The van der Waals surface area contributed by atoms with E-state index in [2.05, 4.69) is 19.0 Å². The Balaban J connectivity index is 2.37. The average molecular weight is 317 g/mol. The van der Waals surface area contributed by atoms with E-state index in [1.54, 1.807) is 0 Å². The predicted molar refractivity (Wildman–Crippen MR) is 85.0 cm³/mol. The highest BCUT2D eigenvalue weighted by molar-refractivity contribution is 6.27.